The maximum Gasteiger partial charge on any atom is 0.144 e. The van der Waals surface area contributed by atoms with Gasteiger partial charge in [0.15, 0.2) is 0 Å². The van der Waals surface area contributed by atoms with Gasteiger partial charge in [0.2, 0.25) is 0 Å². The minimum atomic E-state index is 0.286. The number of aromatic nitrogens is 1. The summed E-state index contributed by atoms with van der Waals surface area (Å²) in [6.07, 6.45) is 2.76. The molecule has 0 saturated carbocycles. The fourth-order valence-corrected chi connectivity index (χ4v) is 3.16. The zero-order valence-corrected chi connectivity index (χ0v) is 14.7. The Morgan fingerprint density at radius 1 is 1.12 bits per heavy atom. The molecule has 1 aliphatic heterocycles. The first-order chi connectivity index (χ1) is 12.3. The Morgan fingerprint density at radius 2 is 1.88 bits per heavy atom. The third-order valence-electron chi connectivity index (χ3n) is 4.68. The van der Waals surface area contributed by atoms with Crippen LogP contribution in [0.2, 0.25) is 0 Å². The molecule has 25 heavy (non-hydrogen) atoms. The Balaban J connectivity index is 1.43. The van der Waals surface area contributed by atoms with Gasteiger partial charge in [-0.15, -0.1) is 0 Å². The number of nitrogens with zero attached hydrogens (tertiary/aromatic N) is 4. The molecule has 2 aromatic rings. The number of benzene rings is 1. The molecular formula is C20H25N5. The Kier molecular flexibility index (Phi) is 5.86. The molecule has 1 fully saturated rings. The Morgan fingerprint density at radius 3 is 2.60 bits per heavy atom. The molecule has 0 radical (unpaired) electrons. The molecule has 0 bridgehead atoms. The van der Waals surface area contributed by atoms with Crippen LogP contribution in [0.4, 0.5) is 11.5 Å². The van der Waals surface area contributed by atoms with Gasteiger partial charge in [0, 0.05) is 50.6 Å². The molecular weight excluding hydrogens is 310 g/mol. The van der Waals surface area contributed by atoms with Crippen LogP contribution in [0.5, 0.6) is 0 Å². The van der Waals surface area contributed by atoms with Crippen LogP contribution in [0.3, 0.4) is 0 Å². The van der Waals surface area contributed by atoms with Gasteiger partial charge in [-0.2, -0.15) is 5.26 Å². The van der Waals surface area contributed by atoms with Crippen molar-refractivity contribution >= 4 is 11.5 Å². The minimum absolute atomic E-state index is 0.286. The molecule has 0 unspecified atom stereocenters. The highest BCUT2D eigenvalue weighted by Gasteiger charge is 2.17. The number of pyridine rings is 1. The van der Waals surface area contributed by atoms with Crippen molar-refractivity contribution in [3.63, 3.8) is 0 Å². The summed E-state index contributed by atoms with van der Waals surface area (Å²) >= 11 is 0. The molecule has 3 rings (SSSR count). The number of hydrogen-bond acceptors (Lipinski definition) is 5. The lowest BCUT2D eigenvalue weighted by Crippen LogP contribution is -2.47. The van der Waals surface area contributed by atoms with Gasteiger partial charge in [-0.05, 0) is 37.6 Å². The predicted octanol–water partition coefficient (Wildman–Crippen LogP) is 2.97. The summed E-state index contributed by atoms with van der Waals surface area (Å²) in [7, 11) is 0. The van der Waals surface area contributed by atoms with Gasteiger partial charge in [0.25, 0.3) is 0 Å². The van der Waals surface area contributed by atoms with Gasteiger partial charge >= 0.3 is 0 Å². The summed E-state index contributed by atoms with van der Waals surface area (Å²) in [5.41, 5.74) is 1.92. The van der Waals surface area contributed by atoms with Gasteiger partial charge in [-0.1, -0.05) is 18.2 Å². The fraction of sp³-hybridized carbons (Fsp3) is 0.400. The van der Waals surface area contributed by atoms with Crippen molar-refractivity contribution in [2.45, 2.75) is 19.4 Å². The van der Waals surface area contributed by atoms with Crippen molar-refractivity contribution in [3.05, 3.63) is 54.2 Å². The van der Waals surface area contributed by atoms with Crippen molar-refractivity contribution in [1.82, 2.24) is 9.88 Å². The molecule has 1 aromatic carbocycles. The first-order valence-corrected chi connectivity index (χ1v) is 8.90. The normalized spacial score (nSPS) is 16.2. The molecule has 1 atom stereocenters. The van der Waals surface area contributed by atoms with Crippen molar-refractivity contribution in [1.29, 1.82) is 5.26 Å². The average molecular weight is 335 g/mol. The number of rotatable bonds is 6. The van der Waals surface area contributed by atoms with Crippen LogP contribution < -0.4 is 10.2 Å². The average Bonchev–Trinajstić information content (AvgIpc) is 2.68. The minimum Gasteiger partial charge on any atom is -0.369 e. The summed E-state index contributed by atoms with van der Waals surface area (Å²) in [5, 5.41) is 12.5. The second-order valence-corrected chi connectivity index (χ2v) is 6.51. The van der Waals surface area contributed by atoms with Crippen LogP contribution in [-0.2, 0) is 0 Å². The summed E-state index contributed by atoms with van der Waals surface area (Å²) in [6, 6.07) is 16.7. The van der Waals surface area contributed by atoms with Crippen molar-refractivity contribution in [2.24, 2.45) is 0 Å². The maximum absolute atomic E-state index is 9.14. The van der Waals surface area contributed by atoms with Crippen LogP contribution in [0.15, 0.2) is 48.7 Å². The fourth-order valence-electron chi connectivity index (χ4n) is 3.16. The predicted molar refractivity (Wildman–Crippen MR) is 102 cm³/mol. The number of anilines is 2. The molecule has 2 heterocycles. The highest BCUT2D eigenvalue weighted by molar-refractivity contribution is 5.51. The van der Waals surface area contributed by atoms with E-state index in [1.54, 1.807) is 18.3 Å². The zero-order valence-electron chi connectivity index (χ0n) is 14.7. The van der Waals surface area contributed by atoms with E-state index in [-0.39, 0.29) is 6.04 Å². The second kappa shape index (κ2) is 8.50. The van der Waals surface area contributed by atoms with Gasteiger partial charge in [0.05, 0.1) is 5.56 Å². The molecule has 0 aliphatic carbocycles. The highest BCUT2D eigenvalue weighted by atomic mass is 15.3. The van der Waals surface area contributed by atoms with Crippen molar-refractivity contribution < 1.29 is 0 Å². The number of piperazine rings is 1. The molecule has 0 amide bonds. The van der Waals surface area contributed by atoms with E-state index in [1.807, 2.05) is 0 Å². The van der Waals surface area contributed by atoms with Crippen molar-refractivity contribution in [2.75, 3.05) is 42.9 Å². The smallest absolute Gasteiger partial charge is 0.144 e. The van der Waals surface area contributed by atoms with Crippen LogP contribution in [0, 0.1) is 11.3 Å². The van der Waals surface area contributed by atoms with Crippen LogP contribution in [0.25, 0.3) is 0 Å². The summed E-state index contributed by atoms with van der Waals surface area (Å²) in [4.78, 5) is 9.24. The van der Waals surface area contributed by atoms with Crippen molar-refractivity contribution in [3.8, 4) is 6.07 Å². The first-order valence-electron chi connectivity index (χ1n) is 8.90. The lowest BCUT2D eigenvalue weighted by Gasteiger charge is -2.36. The monoisotopic (exact) mass is 335 g/mol. The maximum atomic E-state index is 9.14. The highest BCUT2D eigenvalue weighted by Crippen LogP contribution is 2.16. The Bertz CT molecular complexity index is 702. The number of para-hydroxylation sites is 1. The third-order valence-corrected chi connectivity index (χ3v) is 4.68. The number of hydrogen-bond donors (Lipinski definition) is 1. The van der Waals surface area contributed by atoms with E-state index in [2.05, 4.69) is 63.4 Å². The molecule has 5 nitrogen and oxygen atoms in total. The SMILES string of the molecule is C[C@@H](CCN1CCN(c2ccccc2)CC1)Nc1ncccc1C#N. The van der Waals surface area contributed by atoms with Gasteiger partial charge in [0.1, 0.15) is 11.9 Å². The largest absolute Gasteiger partial charge is 0.369 e. The molecule has 1 N–H and O–H groups in total. The van der Waals surface area contributed by atoms with E-state index in [0.717, 1.165) is 39.1 Å². The second-order valence-electron chi connectivity index (χ2n) is 6.51. The molecule has 5 heteroatoms. The van der Waals surface area contributed by atoms with Crippen LogP contribution in [-0.4, -0.2) is 48.6 Å². The van der Waals surface area contributed by atoms with Gasteiger partial charge in [-0.25, -0.2) is 4.98 Å². The van der Waals surface area contributed by atoms with Gasteiger partial charge < -0.3 is 10.2 Å². The van der Waals surface area contributed by atoms with E-state index in [9.17, 15) is 0 Å². The number of nitriles is 1. The van der Waals surface area contributed by atoms with Crippen LogP contribution >= 0.6 is 0 Å². The zero-order chi connectivity index (χ0) is 17.5. The molecule has 1 aromatic heterocycles. The standard InChI is InChI=1S/C20H25N5/c1-17(23-20-18(16-21)6-5-10-22-20)9-11-24-12-14-25(15-13-24)19-7-3-2-4-8-19/h2-8,10,17H,9,11-15H2,1H3,(H,22,23)/t17-/m0/s1. The lowest BCUT2D eigenvalue weighted by atomic mass is 10.2. The quantitative estimate of drug-likeness (QED) is 0.879. The van der Waals surface area contributed by atoms with E-state index in [1.165, 1.54) is 5.69 Å². The lowest BCUT2D eigenvalue weighted by molar-refractivity contribution is 0.251. The summed E-state index contributed by atoms with van der Waals surface area (Å²) < 4.78 is 0. The Labute approximate surface area is 149 Å². The molecule has 130 valence electrons. The summed E-state index contributed by atoms with van der Waals surface area (Å²) in [5.74, 6) is 0.686. The number of nitrogens with one attached hydrogen (secondary N) is 1. The van der Waals surface area contributed by atoms with E-state index in [0.29, 0.717) is 11.4 Å². The van der Waals surface area contributed by atoms with Gasteiger partial charge in [-0.3, -0.25) is 4.90 Å². The van der Waals surface area contributed by atoms with E-state index >= 15 is 0 Å². The molecule has 1 saturated heterocycles. The summed E-state index contributed by atoms with van der Waals surface area (Å²) in [6.45, 7) is 7.54. The van der Waals surface area contributed by atoms with Crippen LogP contribution in [0.1, 0.15) is 18.9 Å². The first kappa shape index (κ1) is 17.2. The van der Waals surface area contributed by atoms with E-state index in [4.69, 9.17) is 5.26 Å². The molecule has 0 spiro atoms. The molecule has 1 aliphatic rings. The van der Waals surface area contributed by atoms with E-state index < -0.39 is 0 Å². The topological polar surface area (TPSA) is 55.2 Å². The third kappa shape index (κ3) is 4.71. The Hall–Kier alpha value is -2.58.